The third-order valence-electron chi connectivity index (χ3n) is 4.75. The molecule has 0 saturated heterocycles. The summed E-state index contributed by atoms with van der Waals surface area (Å²) in [6.45, 7) is 0. The molecule has 7 heteroatoms. The molecular formula is C19H17NO6. The molecule has 1 aliphatic carbocycles. The molecule has 2 aromatic carbocycles. The number of fused-ring (bicyclic) bond motifs is 1. The van der Waals surface area contributed by atoms with Gasteiger partial charge in [0.1, 0.15) is 5.75 Å². The lowest BCUT2D eigenvalue weighted by molar-refractivity contribution is -0.166. The highest BCUT2D eigenvalue weighted by Crippen LogP contribution is 2.43. The maximum Gasteiger partial charge on any atom is 0.321 e. The third kappa shape index (κ3) is 2.99. The highest BCUT2D eigenvalue weighted by Gasteiger charge is 2.52. The number of carboxylic acid groups (broad SMARTS) is 2. The van der Waals surface area contributed by atoms with Crippen molar-refractivity contribution in [3.05, 3.63) is 59.7 Å². The molecule has 7 nitrogen and oxygen atoms in total. The van der Waals surface area contributed by atoms with Gasteiger partial charge in [0.15, 0.2) is 5.41 Å². The van der Waals surface area contributed by atoms with Crippen LogP contribution in [0.2, 0.25) is 0 Å². The molecule has 1 atom stereocenters. The van der Waals surface area contributed by atoms with Crippen molar-refractivity contribution >= 4 is 23.5 Å². The quantitative estimate of drug-likeness (QED) is 0.492. The lowest BCUT2D eigenvalue weighted by Crippen LogP contribution is -2.47. The van der Waals surface area contributed by atoms with Crippen molar-refractivity contribution in [1.82, 2.24) is 0 Å². The smallest absolute Gasteiger partial charge is 0.321 e. The van der Waals surface area contributed by atoms with Gasteiger partial charge in [-0.15, -0.1) is 0 Å². The number of hydrogen-bond acceptors (Lipinski definition) is 4. The second kappa shape index (κ2) is 6.51. The standard InChI is InChI=1S/C19H17NO6/c21-13-7-5-12(6-8-13)20-16(22)15-10-19(17(23)24,18(25)26)9-11-3-1-2-4-14(11)15/h1-8,15,21H,9-10H2,(H,20,22)(H,23,24)(H,25,26). The molecule has 0 radical (unpaired) electrons. The Bertz CT molecular complexity index is 860. The van der Waals surface area contributed by atoms with Crippen LogP contribution in [0.5, 0.6) is 5.75 Å². The molecule has 1 amide bonds. The van der Waals surface area contributed by atoms with Gasteiger partial charge in [0.2, 0.25) is 5.91 Å². The summed E-state index contributed by atoms with van der Waals surface area (Å²) in [4.78, 5) is 36.3. The first-order chi connectivity index (χ1) is 12.3. The minimum atomic E-state index is -2.05. The number of aliphatic carboxylic acids is 2. The summed E-state index contributed by atoms with van der Waals surface area (Å²) in [6.07, 6.45) is -0.505. The van der Waals surface area contributed by atoms with Gasteiger partial charge in [-0.2, -0.15) is 0 Å². The number of carbonyl (C=O) groups is 3. The van der Waals surface area contributed by atoms with Crippen LogP contribution in [0.15, 0.2) is 48.5 Å². The SMILES string of the molecule is O=C(Nc1ccc(O)cc1)C1CC(C(=O)O)(C(=O)O)Cc2ccccc21. The number of anilines is 1. The molecule has 1 unspecified atom stereocenters. The fourth-order valence-electron chi connectivity index (χ4n) is 3.32. The molecule has 26 heavy (non-hydrogen) atoms. The summed E-state index contributed by atoms with van der Waals surface area (Å²) in [6, 6.07) is 12.6. The van der Waals surface area contributed by atoms with Crippen LogP contribution in [0.4, 0.5) is 5.69 Å². The average Bonchev–Trinajstić information content (AvgIpc) is 2.62. The third-order valence-corrected chi connectivity index (χ3v) is 4.75. The first-order valence-electron chi connectivity index (χ1n) is 7.98. The van der Waals surface area contributed by atoms with E-state index in [4.69, 9.17) is 0 Å². The Morgan fingerprint density at radius 1 is 0.962 bits per heavy atom. The van der Waals surface area contributed by atoms with Crippen LogP contribution in [0.3, 0.4) is 0 Å². The molecule has 0 saturated carbocycles. The van der Waals surface area contributed by atoms with Crippen molar-refractivity contribution in [2.75, 3.05) is 5.32 Å². The van der Waals surface area contributed by atoms with E-state index in [1.165, 1.54) is 24.3 Å². The van der Waals surface area contributed by atoms with Crippen LogP contribution in [0, 0.1) is 5.41 Å². The Labute approximate surface area is 148 Å². The Balaban J connectivity index is 1.98. The number of phenolic OH excluding ortho intramolecular Hbond substituents is 1. The van der Waals surface area contributed by atoms with E-state index in [9.17, 15) is 29.7 Å². The summed E-state index contributed by atoms with van der Waals surface area (Å²) in [5.41, 5.74) is -0.464. The first kappa shape index (κ1) is 17.5. The van der Waals surface area contributed by atoms with Gasteiger partial charge in [-0.1, -0.05) is 24.3 Å². The van der Waals surface area contributed by atoms with Gasteiger partial charge in [-0.05, 0) is 48.2 Å². The van der Waals surface area contributed by atoms with Crippen molar-refractivity contribution < 1.29 is 29.7 Å². The van der Waals surface area contributed by atoms with Crippen LogP contribution in [0.1, 0.15) is 23.5 Å². The Kier molecular flexibility index (Phi) is 4.38. The average molecular weight is 355 g/mol. The zero-order valence-electron chi connectivity index (χ0n) is 13.7. The molecule has 134 valence electrons. The number of carbonyl (C=O) groups excluding carboxylic acids is 1. The van der Waals surface area contributed by atoms with Gasteiger partial charge in [-0.25, -0.2) is 0 Å². The first-order valence-corrected chi connectivity index (χ1v) is 7.98. The number of carboxylic acids is 2. The van der Waals surface area contributed by atoms with E-state index in [-0.39, 0.29) is 18.6 Å². The monoisotopic (exact) mass is 355 g/mol. The minimum absolute atomic E-state index is 0.0433. The van der Waals surface area contributed by atoms with E-state index < -0.39 is 29.2 Å². The highest BCUT2D eigenvalue weighted by atomic mass is 16.4. The number of benzene rings is 2. The van der Waals surface area contributed by atoms with E-state index in [2.05, 4.69) is 5.32 Å². The van der Waals surface area contributed by atoms with Crippen molar-refractivity contribution in [1.29, 1.82) is 0 Å². The van der Waals surface area contributed by atoms with Gasteiger partial charge in [-0.3, -0.25) is 14.4 Å². The number of hydrogen-bond donors (Lipinski definition) is 4. The van der Waals surface area contributed by atoms with E-state index in [0.29, 0.717) is 16.8 Å². The zero-order valence-corrected chi connectivity index (χ0v) is 13.7. The number of phenols is 1. The van der Waals surface area contributed by atoms with E-state index >= 15 is 0 Å². The summed E-state index contributed by atoms with van der Waals surface area (Å²) in [5.74, 6) is -4.28. The molecule has 0 aliphatic heterocycles. The number of rotatable bonds is 4. The minimum Gasteiger partial charge on any atom is -0.508 e. The predicted molar refractivity (Wildman–Crippen MR) is 91.9 cm³/mol. The van der Waals surface area contributed by atoms with Crippen molar-refractivity contribution in [3.63, 3.8) is 0 Å². The van der Waals surface area contributed by atoms with Gasteiger partial charge in [0.25, 0.3) is 0 Å². The Morgan fingerprint density at radius 2 is 1.58 bits per heavy atom. The van der Waals surface area contributed by atoms with Crippen LogP contribution < -0.4 is 5.32 Å². The van der Waals surface area contributed by atoms with Crippen LogP contribution in [-0.2, 0) is 20.8 Å². The molecule has 0 heterocycles. The lowest BCUT2D eigenvalue weighted by atomic mass is 9.66. The van der Waals surface area contributed by atoms with Crippen molar-refractivity contribution in [2.45, 2.75) is 18.8 Å². The molecule has 2 aromatic rings. The zero-order chi connectivity index (χ0) is 18.9. The molecule has 0 fully saturated rings. The van der Waals surface area contributed by atoms with Crippen LogP contribution >= 0.6 is 0 Å². The topological polar surface area (TPSA) is 124 Å². The maximum atomic E-state index is 12.8. The Hall–Kier alpha value is -3.35. The maximum absolute atomic E-state index is 12.8. The Morgan fingerprint density at radius 3 is 2.19 bits per heavy atom. The van der Waals surface area contributed by atoms with Gasteiger partial charge < -0.3 is 20.6 Å². The van der Waals surface area contributed by atoms with E-state index in [0.717, 1.165) is 0 Å². The van der Waals surface area contributed by atoms with Crippen molar-refractivity contribution in [2.24, 2.45) is 5.41 Å². The fraction of sp³-hybridized carbons (Fsp3) is 0.211. The second-order valence-electron chi connectivity index (χ2n) is 6.36. The predicted octanol–water partition coefficient (Wildman–Crippen LogP) is 2.22. The molecule has 0 aromatic heterocycles. The molecule has 0 bridgehead atoms. The number of amides is 1. The summed E-state index contributed by atoms with van der Waals surface area (Å²) < 4.78 is 0. The summed E-state index contributed by atoms with van der Waals surface area (Å²) in [7, 11) is 0. The number of aromatic hydroxyl groups is 1. The molecule has 4 N–H and O–H groups in total. The van der Waals surface area contributed by atoms with Crippen molar-refractivity contribution in [3.8, 4) is 5.75 Å². The highest BCUT2D eigenvalue weighted by molar-refractivity contribution is 6.02. The van der Waals surface area contributed by atoms with Gasteiger partial charge in [0.05, 0.1) is 5.92 Å². The van der Waals surface area contributed by atoms with E-state index in [1.54, 1.807) is 24.3 Å². The summed E-state index contributed by atoms with van der Waals surface area (Å²) in [5, 5.41) is 31.1. The normalized spacial score (nSPS) is 17.8. The molecule has 3 rings (SSSR count). The van der Waals surface area contributed by atoms with Crippen LogP contribution in [0.25, 0.3) is 0 Å². The van der Waals surface area contributed by atoms with Gasteiger partial charge >= 0.3 is 11.9 Å². The molecule has 1 aliphatic rings. The second-order valence-corrected chi connectivity index (χ2v) is 6.36. The van der Waals surface area contributed by atoms with E-state index in [1.807, 2.05) is 0 Å². The molecule has 0 spiro atoms. The fourth-order valence-corrected chi connectivity index (χ4v) is 3.32. The molecular weight excluding hydrogens is 338 g/mol. The van der Waals surface area contributed by atoms with Gasteiger partial charge in [0, 0.05) is 5.69 Å². The number of nitrogens with one attached hydrogen (secondary N) is 1. The lowest BCUT2D eigenvalue weighted by Gasteiger charge is -2.35. The largest absolute Gasteiger partial charge is 0.508 e. The van der Waals surface area contributed by atoms with Crippen LogP contribution in [-0.4, -0.2) is 33.2 Å². The summed E-state index contributed by atoms with van der Waals surface area (Å²) >= 11 is 0.